The zero-order chi connectivity index (χ0) is 13.7. The third-order valence-corrected chi connectivity index (χ3v) is 3.37. The fourth-order valence-corrected chi connectivity index (χ4v) is 2.39. The second-order valence-electron chi connectivity index (χ2n) is 5.02. The van der Waals surface area contributed by atoms with E-state index in [1.54, 1.807) is 12.3 Å². The molecule has 0 aliphatic carbocycles. The van der Waals surface area contributed by atoms with Crippen LogP contribution in [0.25, 0.3) is 0 Å². The van der Waals surface area contributed by atoms with Crippen LogP contribution in [-0.2, 0) is 11.3 Å². The molecule has 1 fully saturated rings. The molecule has 5 nitrogen and oxygen atoms in total. The van der Waals surface area contributed by atoms with Crippen LogP contribution in [0.1, 0.15) is 28.9 Å². The van der Waals surface area contributed by atoms with Crippen LogP contribution in [0.4, 0.5) is 0 Å². The number of esters is 1. The zero-order valence-electron chi connectivity index (χ0n) is 11.6. The minimum Gasteiger partial charge on any atom is -0.465 e. The smallest absolute Gasteiger partial charge is 0.339 e. The quantitative estimate of drug-likeness (QED) is 0.805. The van der Waals surface area contributed by atoms with Gasteiger partial charge in [0.05, 0.1) is 18.4 Å². The molecule has 0 spiro atoms. The molecule has 19 heavy (non-hydrogen) atoms. The van der Waals surface area contributed by atoms with Crippen molar-refractivity contribution < 1.29 is 9.53 Å². The van der Waals surface area contributed by atoms with Crippen LogP contribution >= 0.6 is 0 Å². The number of ether oxygens (including phenoxy) is 1. The van der Waals surface area contributed by atoms with E-state index < -0.39 is 0 Å². The van der Waals surface area contributed by atoms with E-state index in [9.17, 15) is 4.79 Å². The Balaban J connectivity index is 1.86. The van der Waals surface area contributed by atoms with Crippen molar-refractivity contribution in [1.82, 2.24) is 15.2 Å². The van der Waals surface area contributed by atoms with Gasteiger partial charge in [0.2, 0.25) is 0 Å². The number of hydrogen-bond acceptors (Lipinski definition) is 5. The molecule has 1 unspecified atom stereocenters. The summed E-state index contributed by atoms with van der Waals surface area (Å²) in [6, 6.07) is 4.24. The van der Waals surface area contributed by atoms with Crippen LogP contribution < -0.4 is 5.32 Å². The van der Waals surface area contributed by atoms with Gasteiger partial charge in [0, 0.05) is 25.3 Å². The third-order valence-electron chi connectivity index (χ3n) is 3.37. The molecule has 2 rings (SSSR count). The molecule has 5 heteroatoms. The Morgan fingerprint density at radius 3 is 3.00 bits per heavy atom. The summed E-state index contributed by atoms with van der Waals surface area (Å²) in [5, 5.41) is 3.48. The fraction of sp³-hybridized carbons (Fsp3) is 0.571. The Morgan fingerprint density at radius 2 is 2.42 bits per heavy atom. The van der Waals surface area contributed by atoms with Crippen LogP contribution in [0.3, 0.4) is 0 Å². The van der Waals surface area contributed by atoms with E-state index in [0.717, 1.165) is 25.3 Å². The fourth-order valence-electron chi connectivity index (χ4n) is 2.39. The number of pyridine rings is 1. The number of rotatable bonds is 5. The average molecular weight is 263 g/mol. The Bertz CT molecular complexity index is 413. The van der Waals surface area contributed by atoms with Crippen LogP contribution in [0.5, 0.6) is 0 Å². The molecule has 0 radical (unpaired) electrons. The van der Waals surface area contributed by atoms with Gasteiger partial charge in [0.1, 0.15) is 0 Å². The minimum absolute atomic E-state index is 0.345. The monoisotopic (exact) mass is 263 g/mol. The van der Waals surface area contributed by atoms with Gasteiger partial charge >= 0.3 is 5.97 Å². The van der Waals surface area contributed by atoms with Crippen molar-refractivity contribution in [1.29, 1.82) is 0 Å². The number of likely N-dealkylation sites (N-methyl/N-ethyl adjacent to an activating group) is 1. The van der Waals surface area contributed by atoms with Crippen LogP contribution in [-0.4, -0.2) is 49.1 Å². The van der Waals surface area contributed by atoms with Crippen molar-refractivity contribution in [2.45, 2.75) is 25.4 Å². The Morgan fingerprint density at radius 1 is 1.58 bits per heavy atom. The molecule has 1 aromatic rings. The summed E-state index contributed by atoms with van der Waals surface area (Å²) < 4.78 is 4.65. The largest absolute Gasteiger partial charge is 0.465 e. The highest BCUT2D eigenvalue weighted by Crippen LogP contribution is 2.09. The first-order chi connectivity index (χ1) is 9.19. The van der Waals surface area contributed by atoms with Gasteiger partial charge in [0.15, 0.2) is 0 Å². The maximum atomic E-state index is 11.3. The van der Waals surface area contributed by atoms with Crippen LogP contribution in [0.2, 0.25) is 0 Å². The van der Waals surface area contributed by atoms with Gasteiger partial charge in [-0.1, -0.05) is 0 Å². The molecule has 0 aromatic carbocycles. The lowest BCUT2D eigenvalue weighted by Gasteiger charge is -2.20. The van der Waals surface area contributed by atoms with Gasteiger partial charge in [-0.05, 0) is 38.6 Å². The summed E-state index contributed by atoms with van der Waals surface area (Å²) in [5.41, 5.74) is 1.46. The van der Waals surface area contributed by atoms with Gasteiger partial charge in [0.25, 0.3) is 0 Å². The highest BCUT2D eigenvalue weighted by molar-refractivity contribution is 5.88. The van der Waals surface area contributed by atoms with Crippen LogP contribution in [0.15, 0.2) is 18.3 Å². The molecule has 1 aliphatic heterocycles. The zero-order valence-corrected chi connectivity index (χ0v) is 11.6. The number of hydrogen-bond donors (Lipinski definition) is 1. The van der Waals surface area contributed by atoms with E-state index in [4.69, 9.17) is 0 Å². The van der Waals surface area contributed by atoms with Gasteiger partial charge < -0.3 is 10.1 Å². The molecule has 1 saturated heterocycles. The van der Waals surface area contributed by atoms with Crippen molar-refractivity contribution in [3.8, 4) is 0 Å². The van der Waals surface area contributed by atoms with Crippen molar-refractivity contribution in [2.75, 3.05) is 27.2 Å². The summed E-state index contributed by atoms with van der Waals surface area (Å²) in [6.45, 7) is 2.95. The van der Waals surface area contributed by atoms with Gasteiger partial charge in [-0.25, -0.2) is 4.79 Å². The Labute approximate surface area is 114 Å². The first-order valence-corrected chi connectivity index (χ1v) is 6.64. The molecule has 104 valence electrons. The van der Waals surface area contributed by atoms with Gasteiger partial charge in [-0.15, -0.1) is 0 Å². The predicted molar refractivity (Wildman–Crippen MR) is 72.9 cm³/mol. The summed E-state index contributed by atoms with van der Waals surface area (Å²) in [5.74, 6) is -0.345. The minimum atomic E-state index is -0.345. The second-order valence-corrected chi connectivity index (χ2v) is 5.02. The Hall–Kier alpha value is -1.46. The van der Waals surface area contributed by atoms with Crippen molar-refractivity contribution in [3.63, 3.8) is 0 Å². The lowest BCUT2D eigenvalue weighted by Crippen LogP contribution is -2.35. The number of nitrogens with zero attached hydrogens (tertiary/aromatic N) is 2. The first-order valence-electron chi connectivity index (χ1n) is 6.64. The normalized spacial score (nSPS) is 18.8. The maximum Gasteiger partial charge on any atom is 0.339 e. The van der Waals surface area contributed by atoms with E-state index in [0.29, 0.717) is 11.6 Å². The summed E-state index contributed by atoms with van der Waals surface area (Å²) in [4.78, 5) is 17.8. The Kier molecular flexibility index (Phi) is 4.87. The number of carbonyl (C=O) groups is 1. The van der Waals surface area contributed by atoms with E-state index >= 15 is 0 Å². The van der Waals surface area contributed by atoms with Gasteiger partial charge in [-0.3, -0.25) is 9.88 Å². The van der Waals surface area contributed by atoms with Crippen LogP contribution in [0, 0.1) is 0 Å². The van der Waals surface area contributed by atoms with Crippen molar-refractivity contribution in [3.05, 3.63) is 29.6 Å². The molecule has 0 amide bonds. The molecular formula is C14H21N3O2. The number of nitrogens with one attached hydrogen (secondary N) is 1. The topological polar surface area (TPSA) is 54.5 Å². The van der Waals surface area contributed by atoms with Crippen molar-refractivity contribution >= 4 is 5.97 Å². The lowest BCUT2D eigenvalue weighted by atomic mass is 10.2. The molecule has 1 atom stereocenters. The standard InChI is InChI=1S/C14H21N3O2/c1-17(9-12-4-3-7-15-12)10-13-6-5-11(8-16-13)14(18)19-2/h5-6,8,12,15H,3-4,7,9-10H2,1-2H3. The molecule has 1 aromatic heterocycles. The molecular weight excluding hydrogens is 242 g/mol. The third kappa shape index (κ3) is 4.01. The first kappa shape index (κ1) is 14.0. The van der Waals surface area contributed by atoms with Gasteiger partial charge in [-0.2, -0.15) is 0 Å². The molecule has 1 aliphatic rings. The average Bonchev–Trinajstić information content (AvgIpc) is 2.91. The van der Waals surface area contributed by atoms with E-state index in [1.165, 1.54) is 20.0 Å². The highest BCUT2D eigenvalue weighted by atomic mass is 16.5. The molecule has 2 heterocycles. The predicted octanol–water partition coefficient (Wildman–Crippen LogP) is 1.05. The summed E-state index contributed by atoms with van der Waals surface area (Å²) in [6.07, 6.45) is 4.09. The van der Waals surface area contributed by atoms with E-state index in [2.05, 4.69) is 27.0 Å². The summed E-state index contributed by atoms with van der Waals surface area (Å²) in [7, 11) is 3.47. The van der Waals surface area contributed by atoms with E-state index in [1.807, 2.05) is 6.07 Å². The highest BCUT2D eigenvalue weighted by Gasteiger charge is 2.16. The number of aromatic nitrogens is 1. The molecule has 0 bridgehead atoms. The molecule has 0 saturated carbocycles. The lowest BCUT2D eigenvalue weighted by molar-refractivity contribution is 0.0600. The number of carbonyl (C=O) groups excluding carboxylic acids is 1. The van der Waals surface area contributed by atoms with Crippen molar-refractivity contribution in [2.24, 2.45) is 0 Å². The maximum absolute atomic E-state index is 11.3. The second kappa shape index (κ2) is 6.63. The SMILES string of the molecule is COC(=O)c1ccc(CN(C)CC2CCCN2)nc1. The summed E-state index contributed by atoms with van der Waals surface area (Å²) >= 11 is 0. The van der Waals surface area contributed by atoms with E-state index in [-0.39, 0.29) is 5.97 Å². The molecule has 1 N–H and O–H groups in total. The number of methoxy groups -OCH3 is 1.